The molecule has 2 rings (SSSR count). The molecule has 0 unspecified atom stereocenters. The van der Waals surface area contributed by atoms with Crippen LogP contribution in [0.5, 0.6) is 0 Å². The highest BCUT2D eigenvalue weighted by Gasteiger charge is 2.18. The summed E-state index contributed by atoms with van der Waals surface area (Å²) >= 11 is 0. The van der Waals surface area contributed by atoms with Gasteiger partial charge in [-0.25, -0.2) is 0 Å². The van der Waals surface area contributed by atoms with E-state index in [-0.39, 0.29) is 0 Å². The van der Waals surface area contributed by atoms with E-state index in [1.165, 1.54) is 30.4 Å². The fraction of sp³-hybridized carbons (Fsp3) is 0.647. The lowest BCUT2D eigenvalue weighted by Crippen LogP contribution is -2.23. The number of rotatable bonds is 8. The molecule has 1 aromatic carbocycles. The number of benzene rings is 1. The van der Waals surface area contributed by atoms with Crippen molar-refractivity contribution < 1.29 is 4.74 Å². The van der Waals surface area contributed by atoms with Gasteiger partial charge in [-0.05, 0) is 55.8 Å². The molecule has 1 fully saturated rings. The van der Waals surface area contributed by atoms with Gasteiger partial charge in [0.2, 0.25) is 0 Å². The van der Waals surface area contributed by atoms with Crippen molar-refractivity contribution in [2.24, 2.45) is 5.92 Å². The van der Waals surface area contributed by atoms with Gasteiger partial charge in [0.15, 0.2) is 0 Å². The zero-order valence-electron chi connectivity index (χ0n) is 12.3. The first-order valence-corrected chi connectivity index (χ1v) is 7.65. The second kappa shape index (κ2) is 7.66. The first kappa shape index (κ1) is 14.5. The van der Waals surface area contributed by atoms with Crippen molar-refractivity contribution in [3.63, 3.8) is 0 Å². The molecule has 0 spiro atoms. The third kappa shape index (κ3) is 4.96. The molecule has 0 saturated heterocycles. The summed E-state index contributed by atoms with van der Waals surface area (Å²) in [6, 6.07) is 8.68. The van der Waals surface area contributed by atoms with Crippen LogP contribution >= 0.6 is 0 Å². The molecule has 1 aliphatic rings. The average molecular weight is 261 g/mol. The van der Waals surface area contributed by atoms with E-state index in [0.717, 1.165) is 32.0 Å². The van der Waals surface area contributed by atoms with E-state index in [2.05, 4.69) is 43.4 Å². The summed E-state index contributed by atoms with van der Waals surface area (Å²) in [7, 11) is 0. The molecule has 106 valence electrons. The van der Waals surface area contributed by atoms with E-state index < -0.39 is 0 Å². The second-order valence-electron chi connectivity index (χ2n) is 5.98. The molecular formula is C17H27NO. The molecule has 0 radical (unpaired) electrons. The van der Waals surface area contributed by atoms with Gasteiger partial charge in [-0.15, -0.1) is 0 Å². The summed E-state index contributed by atoms with van der Waals surface area (Å²) in [5, 5.41) is 3.51. The summed E-state index contributed by atoms with van der Waals surface area (Å²) in [4.78, 5) is 0. The Hall–Kier alpha value is -0.860. The Balaban J connectivity index is 1.77. The highest BCUT2D eigenvalue weighted by atomic mass is 16.5. The largest absolute Gasteiger partial charge is 0.374 e. The smallest absolute Gasteiger partial charge is 0.0723 e. The second-order valence-corrected chi connectivity index (χ2v) is 5.98. The summed E-state index contributed by atoms with van der Waals surface area (Å²) < 4.78 is 5.93. The third-order valence-electron chi connectivity index (χ3n) is 3.77. The summed E-state index contributed by atoms with van der Waals surface area (Å²) in [6.07, 6.45) is 5.45. The van der Waals surface area contributed by atoms with Crippen LogP contribution in [0.2, 0.25) is 0 Å². The zero-order valence-corrected chi connectivity index (χ0v) is 12.3. The molecule has 1 saturated carbocycles. The van der Waals surface area contributed by atoms with Crippen molar-refractivity contribution in [1.29, 1.82) is 0 Å². The first-order chi connectivity index (χ1) is 9.25. The molecule has 1 N–H and O–H groups in total. The normalized spacial score (nSPS) is 15.7. The number of hydrogen-bond acceptors (Lipinski definition) is 2. The number of ether oxygens (including phenoxy) is 1. The SMILES string of the molecule is CC(C)CNCCc1ccccc1COC1CCC1. The maximum atomic E-state index is 5.93. The van der Waals surface area contributed by atoms with Crippen LogP contribution in [-0.4, -0.2) is 19.2 Å². The van der Waals surface area contributed by atoms with E-state index in [9.17, 15) is 0 Å². The van der Waals surface area contributed by atoms with Crippen LogP contribution < -0.4 is 5.32 Å². The van der Waals surface area contributed by atoms with Gasteiger partial charge in [0.1, 0.15) is 0 Å². The Morgan fingerprint density at radius 3 is 2.58 bits per heavy atom. The standard InChI is InChI=1S/C17H27NO/c1-14(2)12-18-11-10-15-6-3-4-7-16(15)13-19-17-8-5-9-17/h3-4,6-7,14,17-18H,5,8-13H2,1-2H3. The van der Waals surface area contributed by atoms with Gasteiger partial charge in [-0.2, -0.15) is 0 Å². The summed E-state index contributed by atoms with van der Waals surface area (Å²) in [5.74, 6) is 0.720. The Bertz CT molecular complexity index is 371. The molecule has 0 aromatic heterocycles. The van der Waals surface area contributed by atoms with E-state index in [4.69, 9.17) is 4.74 Å². The quantitative estimate of drug-likeness (QED) is 0.723. The molecule has 0 atom stereocenters. The molecule has 0 amide bonds. The topological polar surface area (TPSA) is 21.3 Å². The van der Waals surface area contributed by atoms with E-state index in [1.807, 2.05) is 0 Å². The van der Waals surface area contributed by atoms with Gasteiger partial charge >= 0.3 is 0 Å². The maximum Gasteiger partial charge on any atom is 0.0723 e. The lowest BCUT2D eigenvalue weighted by molar-refractivity contribution is -0.00893. The molecule has 1 aliphatic carbocycles. The molecule has 0 aliphatic heterocycles. The predicted octanol–water partition coefficient (Wildman–Crippen LogP) is 3.54. The number of nitrogens with one attached hydrogen (secondary N) is 1. The average Bonchev–Trinajstić information content (AvgIpc) is 2.34. The molecule has 0 heterocycles. The van der Waals surface area contributed by atoms with Gasteiger partial charge in [-0.3, -0.25) is 0 Å². The Morgan fingerprint density at radius 2 is 1.95 bits per heavy atom. The highest BCUT2D eigenvalue weighted by Crippen LogP contribution is 2.23. The van der Waals surface area contributed by atoms with Gasteiger partial charge in [-0.1, -0.05) is 38.1 Å². The summed E-state index contributed by atoms with van der Waals surface area (Å²) in [6.45, 7) is 7.42. The van der Waals surface area contributed by atoms with Crippen molar-refractivity contribution in [2.45, 2.75) is 52.2 Å². The van der Waals surface area contributed by atoms with Crippen LogP contribution in [0.4, 0.5) is 0 Å². The van der Waals surface area contributed by atoms with Crippen LogP contribution in [-0.2, 0) is 17.8 Å². The van der Waals surface area contributed by atoms with Crippen LogP contribution in [0.3, 0.4) is 0 Å². The lowest BCUT2D eigenvalue weighted by Gasteiger charge is -2.26. The van der Waals surface area contributed by atoms with E-state index in [1.54, 1.807) is 0 Å². The molecule has 2 nitrogen and oxygen atoms in total. The van der Waals surface area contributed by atoms with Gasteiger partial charge in [0.05, 0.1) is 12.7 Å². The van der Waals surface area contributed by atoms with Crippen molar-refractivity contribution in [1.82, 2.24) is 5.32 Å². The van der Waals surface area contributed by atoms with Crippen molar-refractivity contribution in [3.8, 4) is 0 Å². The fourth-order valence-corrected chi connectivity index (χ4v) is 2.30. The molecular weight excluding hydrogens is 234 g/mol. The molecule has 2 heteroatoms. The summed E-state index contributed by atoms with van der Waals surface area (Å²) in [5.41, 5.74) is 2.79. The maximum absolute atomic E-state index is 5.93. The van der Waals surface area contributed by atoms with Crippen molar-refractivity contribution in [3.05, 3.63) is 35.4 Å². The monoisotopic (exact) mass is 261 g/mol. The molecule has 0 bridgehead atoms. The Morgan fingerprint density at radius 1 is 1.21 bits per heavy atom. The highest BCUT2D eigenvalue weighted by molar-refractivity contribution is 5.26. The third-order valence-corrected chi connectivity index (χ3v) is 3.77. The van der Waals surface area contributed by atoms with Gasteiger partial charge < -0.3 is 10.1 Å². The van der Waals surface area contributed by atoms with Crippen molar-refractivity contribution in [2.75, 3.05) is 13.1 Å². The Kier molecular flexibility index (Phi) is 5.87. The predicted molar refractivity (Wildman–Crippen MR) is 80.3 cm³/mol. The molecule has 1 aromatic rings. The minimum absolute atomic E-state index is 0.520. The Labute approximate surface area is 117 Å². The van der Waals surface area contributed by atoms with E-state index in [0.29, 0.717) is 6.10 Å². The minimum Gasteiger partial charge on any atom is -0.374 e. The fourth-order valence-electron chi connectivity index (χ4n) is 2.30. The molecule has 19 heavy (non-hydrogen) atoms. The van der Waals surface area contributed by atoms with Crippen molar-refractivity contribution >= 4 is 0 Å². The van der Waals surface area contributed by atoms with Crippen LogP contribution in [0, 0.1) is 5.92 Å². The van der Waals surface area contributed by atoms with Gasteiger partial charge in [0.25, 0.3) is 0 Å². The van der Waals surface area contributed by atoms with Crippen LogP contribution in [0.1, 0.15) is 44.2 Å². The lowest BCUT2D eigenvalue weighted by atomic mass is 9.96. The van der Waals surface area contributed by atoms with Crippen LogP contribution in [0.15, 0.2) is 24.3 Å². The number of hydrogen-bond donors (Lipinski definition) is 1. The van der Waals surface area contributed by atoms with Gasteiger partial charge in [0, 0.05) is 0 Å². The van der Waals surface area contributed by atoms with Crippen LogP contribution in [0.25, 0.3) is 0 Å². The minimum atomic E-state index is 0.520. The zero-order chi connectivity index (χ0) is 13.5. The first-order valence-electron chi connectivity index (χ1n) is 7.65. The van der Waals surface area contributed by atoms with E-state index >= 15 is 0 Å².